The van der Waals surface area contributed by atoms with Gasteiger partial charge in [0, 0.05) is 76.3 Å². The van der Waals surface area contributed by atoms with E-state index in [0.29, 0.717) is 32.9 Å². The van der Waals surface area contributed by atoms with E-state index in [1.165, 1.54) is 38.0 Å². The topological polar surface area (TPSA) is 105 Å². The summed E-state index contributed by atoms with van der Waals surface area (Å²) < 4.78 is 24.0. The van der Waals surface area contributed by atoms with Gasteiger partial charge < -0.3 is 27.0 Å². The number of aromatic nitrogens is 3. The van der Waals surface area contributed by atoms with Crippen molar-refractivity contribution in [3.63, 3.8) is 0 Å². The lowest BCUT2D eigenvalue weighted by molar-refractivity contribution is 0.569. The summed E-state index contributed by atoms with van der Waals surface area (Å²) in [5.41, 5.74) is 17.3. The minimum Gasteiger partial charge on any atom is -0.422 e. The van der Waals surface area contributed by atoms with Gasteiger partial charge in [0.15, 0.2) is 0 Å². The van der Waals surface area contributed by atoms with E-state index in [4.69, 9.17) is 13.3 Å². The van der Waals surface area contributed by atoms with Crippen LogP contribution in [0, 0.1) is 0 Å². The number of nitrogens with zero attached hydrogens (tertiary/aromatic N) is 3. The van der Waals surface area contributed by atoms with Crippen LogP contribution in [0.2, 0.25) is 0 Å². The highest BCUT2D eigenvalue weighted by atomic mass is 16.4. The third-order valence-corrected chi connectivity index (χ3v) is 19.9. The van der Waals surface area contributed by atoms with Crippen molar-refractivity contribution >= 4 is 131 Å². The molecule has 0 bridgehead atoms. The van der Waals surface area contributed by atoms with Gasteiger partial charge in [0.25, 0.3) is 0 Å². The van der Waals surface area contributed by atoms with Crippen LogP contribution in [0.1, 0.15) is 0 Å². The van der Waals surface area contributed by atoms with Gasteiger partial charge in [0.1, 0.15) is 16.7 Å². The van der Waals surface area contributed by atoms with Gasteiger partial charge in [-0.15, -0.1) is 0 Å². The summed E-state index contributed by atoms with van der Waals surface area (Å²) >= 11 is 0. The summed E-state index contributed by atoms with van der Waals surface area (Å²) in [4.78, 5) is 38.2. The lowest BCUT2D eigenvalue weighted by Crippen LogP contribution is -2.01. The molecule has 6 aromatic heterocycles. The van der Waals surface area contributed by atoms with Crippen LogP contribution in [0.3, 0.4) is 0 Å². The molecule has 15 aromatic carbocycles. The first-order valence-corrected chi connectivity index (χ1v) is 34.0. The van der Waals surface area contributed by atoms with Crippen LogP contribution in [-0.4, -0.2) is 13.7 Å². The number of fused-ring (bicyclic) bond motifs is 18. The first kappa shape index (κ1) is 59.4. The highest BCUT2D eigenvalue weighted by Crippen LogP contribution is 2.42. The van der Waals surface area contributed by atoms with Crippen molar-refractivity contribution in [1.82, 2.24) is 13.7 Å². The Hall–Kier alpha value is -13.9. The number of para-hydroxylation sites is 7. The van der Waals surface area contributed by atoms with Crippen LogP contribution < -0.4 is 16.9 Å². The van der Waals surface area contributed by atoms with Crippen LogP contribution in [0.25, 0.3) is 181 Å². The van der Waals surface area contributed by atoms with Crippen molar-refractivity contribution in [2.75, 3.05) is 0 Å². The SMILES string of the molecule is O=c1oc2cc(-c3ccc4c5ccccc5n(-c5ccccc5)c4c3)ccc2c2ccccc12.O=c1oc2cccc(-c3ccc4c(c3)c3ccccc3n4-c3ccccc3)c2c2ccccc12.O=c1oc2ccccc2c2cccc(-c3ccc4c(c3)c3ccccc3n4-c3ccccc3)c12. The quantitative estimate of drug-likeness (QED) is 0.121. The number of rotatable bonds is 6. The Morgan fingerprint density at radius 3 is 1.10 bits per heavy atom. The number of hydrogen-bond donors (Lipinski definition) is 0. The molecule has 9 heteroatoms. The summed E-state index contributed by atoms with van der Waals surface area (Å²) in [5, 5.41) is 14.6. The normalized spacial score (nSPS) is 11.6. The maximum atomic E-state index is 13.1. The van der Waals surface area contributed by atoms with E-state index < -0.39 is 0 Å². The molecule has 0 aliphatic heterocycles. The van der Waals surface area contributed by atoms with E-state index in [0.717, 1.165) is 110 Å². The molecule has 102 heavy (non-hydrogen) atoms. The zero-order chi connectivity index (χ0) is 67.9. The van der Waals surface area contributed by atoms with Crippen LogP contribution in [0.4, 0.5) is 0 Å². The van der Waals surface area contributed by atoms with Gasteiger partial charge in [-0.2, -0.15) is 0 Å². The van der Waals surface area contributed by atoms with E-state index >= 15 is 0 Å². The Morgan fingerprint density at radius 1 is 0.186 bits per heavy atom. The third-order valence-electron chi connectivity index (χ3n) is 19.9. The van der Waals surface area contributed by atoms with Crippen molar-refractivity contribution in [3.05, 3.63) is 377 Å². The van der Waals surface area contributed by atoms with Crippen molar-refractivity contribution in [3.8, 4) is 50.4 Å². The van der Waals surface area contributed by atoms with Gasteiger partial charge >= 0.3 is 16.9 Å². The average molecular weight is 1310 g/mol. The van der Waals surface area contributed by atoms with E-state index in [2.05, 4.69) is 226 Å². The average Bonchev–Trinajstić information content (AvgIpc) is 1.34. The van der Waals surface area contributed by atoms with Crippen LogP contribution in [0.15, 0.2) is 373 Å². The first-order valence-electron chi connectivity index (χ1n) is 34.0. The zero-order valence-electron chi connectivity index (χ0n) is 54.7. The largest absolute Gasteiger partial charge is 0.422 e. The molecule has 0 saturated heterocycles. The molecule has 21 aromatic rings. The molecule has 0 radical (unpaired) electrons. The highest BCUT2D eigenvalue weighted by Gasteiger charge is 2.21. The van der Waals surface area contributed by atoms with Crippen molar-refractivity contribution in [2.24, 2.45) is 0 Å². The Bertz CT molecular complexity index is 7140. The molecule has 0 unspecified atom stereocenters. The van der Waals surface area contributed by atoms with Crippen molar-refractivity contribution in [1.29, 1.82) is 0 Å². The minimum absolute atomic E-state index is 0.304. The molecule has 6 heterocycles. The Kier molecular flexibility index (Phi) is 14.1. The first-order chi connectivity index (χ1) is 50.4. The van der Waals surface area contributed by atoms with E-state index in [9.17, 15) is 14.4 Å². The standard InChI is InChI=1S/3C31H19NO2/c33-31-30-22(13-8-14-25(30)24-12-5-7-16-29(24)34-31)20-17-18-28-26(19-20)23-11-4-6-15-27(23)32(28)21-9-2-1-3-10-21;33-31-25-13-5-4-12-24(25)30-22(14-8-16-29(30)34-31)20-17-18-28-26(19-20)23-11-6-7-15-27(23)32(28)21-9-2-1-3-10-21;33-31-27-12-5-4-10-23(27)26-17-15-21(19-30(26)34-31)20-14-16-25-24-11-6-7-13-28(24)32(29(25)18-20)22-8-2-1-3-9-22/h3*1-19H. The number of benzene rings is 15. The maximum Gasteiger partial charge on any atom is 0.344 e. The molecule has 9 nitrogen and oxygen atoms in total. The molecule has 21 rings (SSSR count). The van der Waals surface area contributed by atoms with Crippen molar-refractivity contribution < 1.29 is 13.3 Å². The lowest BCUT2D eigenvalue weighted by atomic mass is 9.96. The fourth-order valence-corrected chi connectivity index (χ4v) is 15.4. The Balaban J connectivity index is 0.000000106. The van der Waals surface area contributed by atoms with Gasteiger partial charge in [-0.25, -0.2) is 14.4 Å². The molecule has 0 aliphatic rings. The Morgan fingerprint density at radius 2 is 0.529 bits per heavy atom. The second kappa shape index (κ2) is 24.3. The van der Waals surface area contributed by atoms with Gasteiger partial charge in [-0.1, -0.05) is 224 Å². The summed E-state index contributed by atoms with van der Waals surface area (Å²) in [5.74, 6) is 0. The maximum absolute atomic E-state index is 13.1. The van der Waals surface area contributed by atoms with Crippen molar-refractivity contribution in [2.45, 2.75) is 0 Å². The Labute approximate surface area is 581 Å². The third kappa shape index (κ3) is 9.81. The zero-order valence-corrected chi connectivity index (χ0v) is 54.7. The van der Waals surface area contributed by atoms with Gasteiger partial charge in [0.2, 0.25) is 0 Å². The fraction of sp³-hybridized carbons (Fsp3) is 0. The van der Waals surface area contributed by atoms with Gasteiger partial charge in [-0.05, 0) is 160 Å². The molecule has 0 N–H and O–H groups in total. The van der Waals surface area contributed by atoms with E-state index in [1.807, 2.05) is 133 Å². The van der Waals surface area contributed by atoms with E-state index in [-0.39, 0.29) is 16.9 Å². The summed E-state index contributed by atoms with van der Waals surface area (Å²) in [6, 6.07) is 117. The van der Waals surface area contributed by atoms with Crippen LogP contribution >= 0.6 is 0 Å². The van der Waals surface area contributed by atoms with E-state index in [1.54, 1.807) is 0 Å². The van der Waals surface area contributed by atoms with Gasteiger partial charge in [-0.3, -0.25) is 0 Å². The lowest BCUT2D eigenvalue weighted by Gasteiger charge is -2.10. The monoisotopic (exact) mass is 1310 g/mol. The highest BCUT2D eigenvalue weighted by molar-refractivity contribution is 6.17. The molecular weight excluding hydrogens is 1260 g/mol. The molecule has 480 valence electrons. The number of hydrogen-bond acceptors (Lipinski definition) is 6. The predicted octanol–water partition coefficient (Wildman–Crippen LogP) is 23.1. The summed E-state index contributed by atoms with van der Waals surface area (Å²) in [6.07, 6.45) is 0. The second-order valence-corrected chi connectivity index (χ2v) is 25.6. The fourth-order valence-electron chi connectivity index (χ4n) is 15.4. The molecule has 0 fully saturated rings. The molecule has 0 spiro atoms. The summed E-state index contributed by atoms with van der Waals surface area (Å²) in [6.45, 7) is 0. The van der Waals surface area contributed by atoms with Gasteiger partial charge in [0.05, 0.1) is 49.3 Å². The molecule has 0 atom stereocenters. The molecular formula is C93H57N3O6. The predicted molar refractivity (Wildman–Crippen MR) is 419 cm³/mol. The molecule has 0 aliphatic carbocycles. The molecule has 0 saturated carbocycles. The smallest absolute Gasteiger partial charge is 0.344 e. The van der Waals surface area contributed by atoms with Crippen LogP contribution in [0.5, 0.6) is 0 Å². The van der Waals surface area contributed by atoms with Crippen LogP contribution in [-0.2, 0) is 0 Å². The summed E-state index contributed by atoms with van der Waals surface area (Å²) in [7, 11) is 0. The minimum atomic E-state index is -0.309. The molecule has 0 amide bonds. The second-order valence-electron chi connectivity index (χ2n) is 25.6.